The average Bonchev–Trinajstić information content (AvgIpc) is 2.64. The summed E-state index contributed by atoms with van der Waals surface area (Å²) in [5.74, 6) is 0.715. The molecule has 1 aliphatic rings. The van der Waals surface area contributed by atoms with Gasteiger partial charge in [0.25, 0.3) is 0 Å². The number of alkyl halides is 3. The molecule has 0 heterocycles. The molecule has 1 nitrogen and oxygen atoms in total. The second-order valence-electron chi connectivity index (χ2n) is 7.31. The standard InChI is InChI=1S/C20H22F2.C2H3F3O/c1-13-3-6-15(7-4-13)16-9-10-18(20(22)11-16)17-8-5-14(2)19(21)12-17;1-6-2(3,4)5/h5,8-13,15H,3-4,6-7H2,1-2H3;1H3. The maximum Gasteiger partial charge on any atom is 0.522 e. The number of hydrogen-bond donors (Lipinski definition) is 0. The first-order chi connectivity index (χ1) is 13.1. The second kappa shape index (κ2) is 9.50. The van der Waals surface area contributed by atoms with Crippen molar-refractivity contribution in [1.29, 1.82) is 0 Å². The van der Waals surface area contributed by atoms with E-state index in [1.54, 1.807) is 31.2 Å². The van der Waals surface area contributed by atoms with E-state index in [0.717, 1.165) is 24.3 Å². The molecule has 1 saturated carbocycles. The zero-order valence-corrected chi connectivity index (χ0v) is 16.2. The van der Waals surface area contributed by atoms with Crippen LogP contribution in [0.4, 0.5) is 22.0 Å². The van der Waals surface area contributed by atoms with Crippen LogP contribution in [0.2, 0.25) is 0 Å². The average molecular weight is 400 g/mol. The van der Waals surface area contributed by atoms with Crippen molar-refractivity contribution in [3.63, 3.8) is 0 Å². The lowest BCUT2D eigenvalue weighted by Crippen LogP contribution is -2.11. The Hall–Kier alpha value is -1.95. The third-order valence-corrected chi connectivity index (χ3v) is 5.19. The van der Waals surface area contributed by atoms with Gasteiger partial charge in [0.1, 0.15) is 11.6 Å². The number of halogens is 5. The van der Waals surface area contributed by atoms with Gasteiger partial charge in [-0.2, -0.15) is 0 Å². The number of methoxy groups -OCH3 is 1. The van der Waals surface area contributed by atoms with Crippen molar-refractivity contribution >= 4 is 0 Å². The zero-order chi connectivity index (χ0) is 20.9. The summed E-state index contributed by atoms with van der Waals surface area (Å²) < 4.78 is 62.8. The van der Waals surface area contributed by atoms with Crippen LogP contribution < -0.4 is 0 Å². The Bertz CT molecular complexity index is 777. The first-order valence-electron chi connectivity index (χ1n) is 9.28. The van der Waals surface area contributed by atoms with E-state index < -0.39 is 6.36 Å². The van der Waals surface area contributed by atoms with Gasteiger partial charge in [0.2, 0.25) is 0 Å². The molecule has 0 aromatic heterocycles. The highest BCUT2D eigenvalue weighted by molar-refractivity contribution is 5.65. The topological polar surface area (TPSA) is 9.23 Å². The van der Waals surface area contributed by atoms with Gasteiger partial charge in [0.05, 0.1) is 0 Å². The third kappa shape index (κ3) is 6.30. The maximum atomic E-state index is 14.5. The van der Waals surface area contributed by atoms with Crippen LogP contribution in [-0.2, 0) is 4.74 Å². The lowest BCUT2D eigenvalue weighted by molar-refractivity contribution is -0.311. The molecule has 28 heavy (non-hydrogen) atoms. The Morgan fingerprint density at radius 3 is 2.00 bits per heavy atom. The highest BCUT2D eigenvalue weighted by Crippen LogP contribution is 2.37. The molecule has 0 spiro atoms. The van der Waals surface area contributed by atoms with Crippen molar-refractivity contribution in [3.8, 4) is 11.1 Å². The summed E-state index contributed by atoms with van der Waals surface area (Å²) in [6.07, 6.45) is 0.257. The van der Waals surface area contributed by atoms with Crippen LogP contribution >= 0.6 is 0 Å². The van der Waals surface area contributed by atoms with Gasteiger partial charge >= 0.3 is 6.36 Å². The van der Waals surface area contributed by atoms with Gasteiger partial charge in [0, 0.05) is 12.7 Å². The van der Waals surface area contributed by atoms with Crippen molar-refractivity contribution < 1.29 is 26.7 Å². The van der Waals surface area contributed by atoms with Gasteiger partial charge in [0.15, 0.2) is 0 Å². The Kier molecular flexibility index (Phi) is 7.58. The molecule has 3 rings (SSSR count). The molecule has 0 atom stereocenters. The summed E-state index contributed by atoms with van der Waals surface area (Å²) in [5, 5.41) is 0. The smallest absolute Gasteiger partial charge is 0.295 e. The highest BCUT2D eigenvalue weighted by atomic mass is 19.4. The van der Waals surface area contributed by atoms with Gasteiger partial charge in [-0.3, -0.25) is 4.74 Å². The van der Waals surface area contributed by atoms with Crippen LogP contribution in [0.1, 0.15) is 49.7 Å². The first kappa shape index (κ1) is 22.3. The largest absolute Gasteiger partial charge is 0.522 e. The highest BCUT2D eigenvalue weighted by Gasteiger charge is 2.26. The van der Waals surface area contributed by atoms with Gasteiger partial charge in [-0.15, -0.1) is 13.2 Å². The van der Waals surface area contributed by atoms with Gasteiger partial charge < -0.3 is 0 Å². The normalized spacial score (nSPS) is 19.7. The van der Waals surface area contributed by atoms with E-state index in [0.29, 0.717) is 29.7 Å². The molecular weight excluding hydrogens is 375 g/mol. The van der Waals surface area contributed by atoms with E-state index in [1.165, 1.54) is 18.9 Å². The van der Waals surface area contributed by atoms with Crippen molar-refractivity contribution in [2.45, 2.75) is 51.8 Å². The molecule has 0 N–H and O–H groups in total. The molecule has 0 saturated heterocycles. The van der Waals surface area contributed by atoms with Crippen LogP contribution in [0.3, 0.4) is 0 Å². The summed E-state index contributed by atoms with van der Waals surface area (Å²) >= 11 is 0. The second-order valence-corrected chi connectivity index (χ2v) is 7.31. The molecule has 0 amide bonds. The molecule has 1 aliphatic carbocycles. The summed E-state index contributed by atoms with van der Waals surface area (Å²) in [5.41, 5.74) is 2.74. The van der Waals surface area contributed by atoms with E-state index in [9.17, 15) is 22.0 Å². The Morgan fingerprint density at radius 2 is 1.50 bits per heavy atom. The summed E-state index contributed by atoms with van der Waals surface area (Å²) in [6, 6.07) is 10.3. The Morgan fingerprint density at radius 1 is 0.893 bits per heavy atom. The molecule has 0 aliphatic heterocycles. The number of rotatable bonds is 2. The molecule has 0 unspecified atom stereocenters. The van der Waals surface area contributed by atoms with Crippen LogP contribution in [0.25, 0.3) is 11.1 Å². The first-order valence-corrected chi connectivity index (χ1v) is 9.28. The van der Waals surface area contributed by atoms with E-state index in [1.807, 2.05) is 6.07 Å². The summed E-state index contributed by atoms with van der Waals surface area (Å²) in [7, 11) is 0.583. The fourth-order valence-corrected chi connectivity index (χ4v) is 3.37. The molecular formula is C22H25F5O. The Balaban J connectivity index is 0.000000409. The van der Waals surface area contributed by atoms with Crippen molar-refractivity contribution in [3.05, 3.63) is 59.2 Å². The lowest BCUT2D eigenvalue weighted by atomic mass is 9.79. The zero-order valence-electron chi connectivity index (χ0n) is 16.2. The maximum absolute atomic E-state index is 14.5. The van der Waals surface area contributed by atoms with E-state index >= 15 is 0 Å². The van der Waals surface area contributed by atoms with E-state index in [-0.39, 0.29) is 11.6 Å². The predicted octanol–water partition coefficient (Wildman–Crippen LogP) is 7.39. The quantitative estimate of drug-likeness (QED) is 0.478. The SMILES string of the molecule is COC(F)(F)F.Cc1ccc(-c2ccc(C3CCC(C)CC3)cc2F)cc1F. The van der Waals surface area contributed by atoms with Crippen LogP contribution in [-0.4, -0.2) is 13.5 Å². The molecule has 0 radical (unpaired) electrons. The predicted molar refractivity (Wildman–Crippen MR) is 100.0 cm³/mol. The van der Waals surface area contributed by atoms with Crippen molar-refractivity contribution in [2.24, 2.45) is 5.92 Å². The molecule has 2 aromatic rings. The van der Waals surface area contributed by atoms with Crippen molar-refractivity contribution in [2.75, 3.05) is 7.11 Å². The van der Waals surface area contributed by atoms with Crippen LogP contribution in [0, 0.1) is 24.5 Å². The van der Waals surface area contributed by atoms with Crippen LogP contribution in [0.15, 0.2) is 36.4 Å². The third-order valence-electron chi connectivity index (χ3n) is 5.19. The van der Waals surface area contributed by atoms with Gasteiger partial charge in [-0.05, 0) is 60.4 Å². The lowest BCUT2D eigenvalue weighted by Gasteiger charge is -2.26. The minimum absolute atomic E-state index is 0.251. The van der Waals surface area contributed by atoms with Crippen molar-refractivity contribution in [1.82, 2.24) is 0 Å². The van der Waals surface area contributed by atoms with Gasteiger partial charge in [-0.25, -0.2) is 8.78 Å². The fourth-order valence-electron chi connectivity index (χ4n) is 3.37. The summed E-state index contributed by atoms with van der Waals surface area (Å²) in [6.45, 7) is 3.99. The number of ether oxygens (including phenoxy) is 1. The van der Waals surface area contributed by atoms with Gasteiger partial charge in [-0.1, -0.05) is 44.0 Å². The van der Waals surface area contributed by atoms with Crippen LogP contribution in [0.5, 0.6) is 0 Å². The molecule has 154 valence electrons. The number of benzene rings is 2. The van der Waals surface area contributed by atoms with E-state index in [4.69, 9.17) is 0 Å². The molecule has 2 aromatic carbocycles. The minimum Gasteiger partial charge on any atom is -0.295 e. The number of hydrogen-bond acceptors (Lipinski definition) is 1. The molecule has 6 heteroatoms. The monoisotopic (exact) mass is 400 g/mol. The number of aryl methyl sites for hydroxylation is 1. The molecule has 1 fully saturated rings. The molecule has 0 bridgehead atoms. The summed E-state index contributed by atoms with van der Waals surface area (Å²) in [4.78, 5) is 0. The Labute approximate surface area is 162 Å². The van der Waals surface area contributed by atoms with E-state index in [2.05, 4.69) is 11.7 Å². The minimum atomic E-state index is -4.46. The fraction of sp³-hybridized carbons (Fsp3) is 0.455.